The summed E-state index contributed by atoms with van der Waals surface area (Å²) in [6.45, 7) is 4.99. The van der Waals surface area contributed by atoms with Crippen molar-refractivity contribution in [2.24, 2.45) is 7.05 Å². The van der Waals surface area contributed by atoms with Gasteiger partial charge in [0.25, 0.3) is 5.91 Å². The maximum absolute atomic E-state index is 12.8. The van der Waals surface area contributed by atoms with Crippen LogP contribution < -0.4 is 4.90 Å². The minimum atomic E-state index is 0.0515. The minimum absolute atomic E-state index is 0.0515. The van der Waals surface area contributed by atoms with Gasteiger partial charge < -0.3 is 14.4 Å². The Balaban J connectivity index is 1.54. The van der Waals surface area contributed by atoms with E-state index in [1.165, 1.54) is 0 Å². The second-order valence-electron chi connectivity index (χ2n) is 6.74. The molecule has 0 aliphatic carbocycles. The third kappa shape index (κ3) is 3.00. The van der Waals surface area contributed by atoms with Crippen LogP contribution in [0.3, 0.4) is 0 Å². The average Bonchev–Trinajstić information content (AvgIpc) is 2.88. The van der Waals surface area contributed by atoms with Gasteiger partial charge in [0.1, 0.15) is 17.8 Å². The lowest BCUT2D eigenvalue weighted by Gasteiger charge is -2.23. The van der Waals surface area contributed by atoms with Crippen molar-refractivity contribution >= 4 is 22.8 Å². The fraction of sp³-hybridized carbons (Fsp3) is 0.368. The molecule has 7 heteroatoms. The Bertz CT molecular complexity index is 950. The van der Waals surface area contributed by atoms with Crippen LogP contribution in [0.15, 0.2) is 37.1 Å². The summed E-state index contributed by atoms with van der Waals surface area (Å²) < 4.78 is 2.00. The zero-order chi connectivity index (χ0) is 18.1. The standard InChI is InChI=1S/C19H22N6O/c1-14-10-15(12-20-11-14)19(26)25-6-3-5-24(8-9-25)18-16-4-7-23(2)17(16)21-13-22-18/h4,7,10-13H,3,5-6,8-9H2,1-2H3. The lowest BCUT2D eigenvalue weighted by atomic mass is 10.2. The highest BCUT2D eigenvalue weighted by Gasteiger charge is 2.22. The molecule has 0 radical (unpaired) electrons. The second-order valence-corrected chi connectivity index (χ2v) is 6.74. The topological polar surface area (TPSA) is 67.2 Å². The van der Waals surface area contributed by atoms with Crippen molar-refractivity contribution in [2.45, 2.75) is 13.3 Å². The van der Waals surface area contributed by atoms with E-state index in [1.54, 1.807) is 18.7 Å². The van der Waals surface area contributed by atoms with Gasteiger partial charge in [-0.1, -0.05) is 0 Å². The molecule has 3 aromatic rings. The summed E-state index contributed by atoms with van der Waals surface area (Å²) in [5, 5.41) is 1.05. The van der Waals surface area contributed by atoms with Gasteiger partial charge in [-0.2, -0.15) is 0 Å². The number of aryl methyl sites for hydroxylation is 2. The number of aromatic nitrogens is 4. The summed E-state index contributed by atoms with van der Waals surface area (Å²) in [6.07, 6.45) is 7.94. The molecule has 1 aliphatic rings. The van der Waals surface area contributed by atoms with Gasteiger partial charge in [0.15, 0.2) is 0 Å². The quantitative estimate of drug-likeness (QED) is 0.707. The molecule has 134 valence electrons. The molecule has 0 aromatic carbocycles. The summed E-state index contributed by atoms with van der Waals surface area (Å²) in [6, 6.07) is 3.95. The number of amides is 1. The minimum Gasteiger partial charge on any atom is -0.354 e. The molecule has 0 spiro atoms. The van der Waals surface area contributed by atoms with E-state index in [2.05, 4.69) is 25.9 Å². The third-order valence-electron chi connectivity index (χ3n) is 4.85. The molecule has 7 nitrogen and oxygen atoms in total. The van der Waals surface area contributed by atoms with Gasteiger partial charge in [-0.15, -0.1) is 0 Å². The summed E-state index contributed by atoms with van der Waals surface area (Å²) in [4.78, 5) is 30.0. The third-order valence-corrected chi connectivity index (χ3v) is 4.85. The molecular formula is C19H22N6O. The Kier molecular flexibility index (Phi) is 4.28. The number of hydrogen-bond donors (Lipinski definition) is 0. The molecule has 1 amide bonds. The smallest absolute Gasteiger partial charge is 0.255 e. The van der Waals surface area contributed by atoms with E-state index in [9.17, 15) is 4.79 Å². The molecule has 3 aromatic heterocycles. The molecule has 0 unspecified atom stereocenters. The van der Waals surface area contributed by atoms with Gasteiger partial charge >= 0.3 is 0 Å². The van der Waals surface area contributed by atoms with Crippen LogP contribution in [0.2, 0.25) is 0 Å². The molecule has 0 bridgehead atoms. The van der Waals surface area contributed by atoms with E-state index in [0.717, 1.165) is 48.5 Å². The molecular weight excluding hydrogens is 328 g/mol. The highest BCUT2D eigenvalue weighted by molar-refractivity contribution is 5.94. The van der Waals surface area contributed by atoms with E-state index in [1.807, 2.05) is 35.7 Å². The van der Waals surface area contributed by atoms with Gasteiger partial charge in [-0.3, -0.25) is 9.78 Å². The molecule has 0 N–H and O–H groups in total. The Labute approximate surface area is 152 Å². The van der Waals surface area contributed by atoms with Gasteiger partial charge in [-0.25, -0.2) is 9.97 Å². The van der Waals surface area contributed by atoms with Crippen LogP contribution in [0.1, 0.15) is 22.3 Å². The fourth-order valence-electron chi connectivity index (χ4n) is 3.50. The van der Waals surface area contributed by atoms with Crippen LogP contribution in [0.5, 0.6) is 0 Å². The lowest BCUT2D eigenvalue weighted by molar-refractivity contribution is 0.0766. The summed E-state index contributed by atoms with van der Waals surface area (Å²) in [5.41, 5.74) is 2.59. The number of hydrogen-bond acceptors (Lipinski definition) is 5. The summed E-state index contributed by atoms with van der Waals surface area (Å²) >= 11 is 0. The van der Waals surface area contributed by atoms with Gasteiger partial charge in [-0.05, 0) is 31.0 Å². The van der Waals surface area contributed by atoms with Crippen LogP contribution in [0, 0.1) is 6.92 Å². The Hall–Kier alpha value is -2.96. The van der Waals surface area contributed by atoms with Crippen molar-refractivity contribution < 1.29 is 4.79 Å². The van der Waals surface area contributed by atoms with Crippen LogP contribution in [0.4, 0.5) is 5.82 Å². The first-order chi connectivity index (χ1) is 12.6. The summed E-state index contributed by atoms with van der Waals surface area (Å²) in [7, 11) is 1.98. The number of rotatable bonds is 2. The molecule has 1 saturated heterocycles. The normalized spacial score (nSPS) is 15.3. The maximum Gasteiger partial charge on any atom is 0.255 e. The van der Waals surface area contributed by atoms with Gasteiger partial charge in [0.05, 0.1) is 10.9 Å². The monoisotopic (exact) mass is 350 g/mol. The zero-order valence-corrected chi connectivity index (χ0v) is 15.1. The Morgan fingerprint density at radius 1 is 1.12 bits per heavy atom. The number of fused-ring (bicyclic) bond motifs is 1. The second kappa shape index (κ2) is 6.74. The predicted octanol–water partition coefficient (Wildman–Crippen LogP) is 2.02. The van der Waals surface area contributed by atoms with Crippen LogP contribution in [-0.4, -0.2) is 56.5 Å². The molecule has 1 aliphatic heterocycles. The van der Waals surface area contributed by atoms with Gasteiger partial charge in [0, 0.05) is 51.8 Å². The molecule has 1 fully saturated rings. The van der Waals surface area contributed by atoms with Crippen molar-refractivity contribution in [3.8, 4) is 0 Å². The fourth-order valence-corrected chi connectivity index (χ4v) is 3.50. The molecule has 4 heterocycles. The SMILES string of the molecule is Cc1cncc(C(=O)N2CCCN(c3ncnc4c3ccn4C)CC2)c1. The van der Waals surface area contributed by atoms with Gasteiger partial charge in [0.2, 0.25) is 0 Å². The largest absolute Gasteiger partial charge is 0.354 e. The highest BCUT2D eigenvalue weighted by atomic mass is 16.2. The number of nitrogens with zero attached hydrogens (tertiary/aromatic N) is 6. The summed E-state index contributed by atoms with van der Waals surface area (Å²) in [5.74, 6) is 0.998. The first-order valence-electron chi connectivity index (χ1n) is 8.85. The van der Waals surface area contributed by atoms with Crippen LogP contribution >= 0.6 is 0 Å². The molecule has 26 heavy (non-hydrogen) atoms. The number of pyridine rings is 1. The van der Waals surface area contributed by atoms with E-state index in [-0.39, 0.29) is 5.91 Å². The Morgan fingerprint density at radius 3 is 2.85 bits per heavy atom. The van der Waals surface area contributed by atoms with Crippen molar-refractivity contribution in [1.29, 1.82) is 0 Å². The van der Waals surface area contributed by atoms with E-state index in [0.29, 0.717) is 12.1 Å². The number of carbonyl (C=O) groups excluding carboxylic acids is 1. The lowest BCUT2D eigenvalue weighted by Crippen LogP contribution is -2.35. The first kappa shape index (κ1) is 16.5. The van der Waals surface area contributed by atoms with Crippen LogP contribution in [-0.2, 0) is 7.05 Å². The Morgan fingerprint density at radius 2 is 2.00 bits per heavy atom. The number of anilines is 1. The maximum atomic E-state index is 12.8. The van der Waals surface area contributed by atoms with E-state index < -0.39 is 0 Å². The van der Waals surface area contributed by atoms with E-state index >= 15 is 0 Å². The van der Waals surface area contributed by atoms with E-state index in [4.69, 9.17) is 0 Å². The van der Waals surface area contributed by atoms with Crippen molar-refractivity contribution in [3.05, 3.63) is 48.2 Å². The predicted molar refractivity (Wildman–Crippen MR) is 100 cm³/mol. The highest BCUT2D eigenvalue weighted by Crippen LogP contribution is 2.24. The first-order valence-corrected chi connectivity index (χ1v) is 8.85. The van der Waals surface area contributed by atoms with Crippen molar-refractivity contribution in [1.82, 2.24) is 24.4 Å². The van der Waals surface area contributed by atoms with Crippen LogP contribution in [0.25, 0.3) is 11.0 Å². The van der Waals surface area contributed by atoms with Crippen molar-refractivity contribution in [3.63, 3.8) is 0 Å². The van der Waals surface area contributed by atoms with Crippen molar-refractivity contribution in [2.75, 3.05) is 31.1 Å². The molecule has 4 rings (SSSR count). The average molecular weight is 350 g/mol. The zero-order valence-electron chi connectivity index (χ0n) is 15.1. The molecule has 0 atom stereocenters. The molecule has 0 saturated carbocycles. The number of carbonyl (C=O) groups is 1.